The second kappa shape index (κ2) is 5.23. The zero-order valence-corrected chi connectivity index (χ0v) is 13.3. The number of rotatable bonds is 2. The fourth-order valence-electron chi connectivity index (χ4n) is 3.40. The summed E-state index contributed by atoms with van der Waals surface area (Å²) in [7, 11) is 0. The summed E-state index contributed by atoms with van der Waals surface area (Å²) in [6, 6.07) is 14.2. The maximum atomic E-state index is 12.5. The Bertz CT molecular complexity index is 864. The van der Waals surface area contributed by atoms with Gasteiger partial charge in [-0.15, -0.1) is 0 Å². The number of amides is 1. The highest BCUT2D eigenvalue weighted by Gasteiger charge is 2.34. The molecule has 4 nitrogen and oxygen atoms in total. The molecule has 1 aliphatic heterocycles. The predicted octanol–water partition coefficient (Wildman–Crippen LogP) is 3.70. The number of imidazole rings is 1. The van der Waals surface area contributed by atoms with Gasteiger partial charge in [0.15, 0.2) is 0 Å². The van der Waals surface area contributed by atoms with E-state index in [2.05, 4.69) is 35.9 Å². The van der Waals surface area contributed by atoms with Gasteiger partial charge in [0.05, 0.1) is 11.0 Å². The highest BCUT2D eigenvalue weighted by Crippen LogP contribution is 2.33. The van der Waals surface area contributed by atoms with Gasteiger partial charge in [0, 0.05) is 24.6 Å². The van der Waals surface area contributed by atoms with Gasteiger partial charge < -0.3 is 9.88 Å². The van der Waals surface area contributed by atoms with Crippen LogP contribution in [0.5, 0.6) is 0 Å². The number of aryl methyl sites for hydroxylation is 2. The molecule has 4 heteroatoms. The Labute approximate surface area is 135 Å². The molecular weight excluding hydrogens is 286 g/mol. The summed E-state index contributed by atoms with van der Waals surface area (Å²) < 4.78 is 0. The standard InChI is InChI=1S/C19H19N3O/c1-12-7-8-17(13(2)9-12)22-11-14(10-18(22)23)19-20-15-5-3-4-6-16(15)21-19/h3-9,14H,10-11H2,1-2H3,(H,20,21)/t14-/m1/s1. The maximum Gasteiger partial charge on any atom is 0.227 e. The molecule has 1 aliphatic rings. The Morgan fingerprint density at radius 1 is 1.17 bits per heavy atom. The lowest BCUT2D eigenvalue weighted by atomic mass is 10.1. The fourth-order valence-corrected chi connectivity index (χ4v) is 3.40. The van der Waals surface area contributed by atoms with Gasteiger partial charge in [0.1, 0.15) is 5.82 Å². The number of nitrogens with zero attached hydrogens (tertiary/aromatic N) is 2. The third kappa shape index (κ3) is 2.40. The quantitative estimate of drug-likeness (QED) is 0.785. The summed E-state index contributed by atoms with van der Waals surface area (Å²) in [4.78, 5) is 22.4. The second-order valence-corrected chi connectivity index (χ2v) is 6.33. The number of hydrogen-bond acceptors (Lipinski definition) is 2. The van der Waals surface area contributed by atoms with Crippen LogP contribution in [0.3, 0.4) is 0 Å². The number of benzene rings is 2. The van der Waals surface area contributed by atoms with Gasteiger partial charge in [-0.1, -0.05) is 29.8 Å². The van der Waals surface area contributed by atoms with Crippen molar-refractivity contribution in [3.63, 3.8) is 0 Å². The lowest BCUT2D eigenvalue weighted by Crippen LogP contribution is -2.25. The van der Waals surface area contributed by atoms with E-state index in [1.165, 1.54) is 5.56 Å². The molecule has 1 saturated heterocycles. The van der Waals surface area contributed by atoms with Crippen LogP contribution >= 0.6 is 0 Å². The van der Waals surface area contributed by atoms with E-state index in [1.54, 1.807) is 0 Å². The van der Waals surface area contributed by atoms with E-state index < -0.39 is 0 Å². The number of fused-ring (bicyclic) bond motifs is 1. The molecule has 0 saturated carbocycles. The molecule has 0 bridgehead atoms. The molecule has 0 aliphatic carbocycles. The number of H-pyrrole nitrogens is 1. The van der Waals surface area contributed by atoms with Crippen LogP contribution in [0.4, 0.5) is 5.69 Å². The Hall–Kier alpha value is -2.62. The van der Waals surface area contributed by atoms with Crippen LogP contribution in [0.25, 0.3) is 11.0 Å². The van der Waals surface area contributed by atoms with Gasteiger partial charge in [0.25, 0.3) is 0 Å². The zero-order valence-electron chi connectivity index (χ0n) is 13.3. The van der Waals surface area contributed by atoms with Crippen LogP contribution in [0, 0.1) is 13.8 Å². The van der Waals surface area contributed by atoms with Gasteiger partial charge in [-0.2, -0.15) is 0 Å². The number of carbonyl (C=O) groups excluding carboxylic acids is 1. The first-order chi connectivity index (χ1) is 11.1. The van der Waals surface area contributed by atoms with Gasteiger partial charge in [-0.05, 0) is 37.6 Å². The number of aromatic amines is 1. The molecule has 1 fully saturated rings. The zero-order chi connectivity index (χ0) is 16.0. The highest BCUT2D eigenvalue weighted by atomic mass is 16.2. The third-order valence-electron chi connectivity index (χ3n) is 4.56. The number of aromatic nitrogens is 2. The topological polar surface area (TPSA) is 49.0 Å². The van der Waals surface area contributed by atoms with Crippen LogP contribution < -0.4 is 4.90 Å². The summed E-state index contributed by atoms with van der Waals surface area (Å²) in [5.74, 6) is 1.20. The van der Waals surface area contributed by atoms with Crippen LogP contribution in [0.2, 0.25) is 0 Å². The monoisotopic (exact) mass is 305 g/mol. The first-order valence-corrected chi connectivity index (χ1v) is 7.94. The smallest absolute Gasteiger partial charge is 0.227 e. The summed E-state index contributed by atoms with van der Waals surface area (Å²) >= 11 is 0. The molecule has 23 heavy (non-hydrogen) atoms. The summed E-state index contributed by atoms with van der Waals surface area (Å²) in [6.45, 7) is 4.81. The third-order valence-corrected chi connectivity index (χ3v) is 4.56. The van der Waals surface area contributed by atoms with Crippen molar-refractivity contribution < 1.29 is 4.79 Å². The average molecular weight is 305 g/mol. The molecule has 4 rings (SSSR count). The molecule has 1 N–H and O–H groups in total. The Morgan fingerprint density at radius 2 is 2.00 bits per heavy atom. The summed E-state index contributed by atoms with van der Waals surface area (Å²) in [5.41, 5.74) is 5.36. The van der Waals surface area contributed by atoms with Crippen molar-refractivity contribution in [2.75, 3.05) is 11.4 Å². The van der Waals surface area contributed by atoms with Crippen LogP contribution in [0.15, 0.2) is 42.5 Å². The predicted molar refractivity (Wildman–Crippen MR) is 91.7 cm³/mol. The van der Waals surface area contributed by atoms with E-state index >= 15 is 0 Å². The minimum Gasteiger partial charge on any atom is -0.342 e. The molecule has 1 amide bonds. The Kier molecular flexibility index (Phi) is 3.18. The Morgan fingerprint density at radius 3 is 2.78 bits per heavy atom. The molecule has 0 spiro atoms. The molecular formula is C19H19N3O. The van der Waals surface area contributed by atoms with E-state index in [1.807, 2.05) is 35.2 Å². The molecule has 0 radical (unpaired) electrons. The van der Waals surface area contributed by atoms with E-state index in [4.69, 9.17) is 0 Å². The SMILES string of the molecule is Cc1ccc(N2C[C@H](c3nc4ccccc4[nH]3)CC2=O)c(C)c1. The number of para-hydroxylation sites is 2. The van der Waals surface area contributed by atoms with E-state index in [9.17, 15) is 4.79 Å². The van der Waals surface area contributed by atoms with Crippen molar-refractivity contribution in [2.24, 2.45) is 0 Å². The Balaban J connectivity index is 1.65. The number of carbonyl (C=O) groups is 1. The average Bonchev–Trinajstić information content (AvgIpc) is 3.11. The minimum absolute atomic E-state index is 0.121. The van der Waals surface area contributed by atoms with Crippen molar-refractivity contribution in [1.29, 1.82) is 0 Å². The number of nitrogens with one attached hydrogen (secondary N) is 1. The molecule has 2 aromatic carbocycles. The van der Waals surface area contributed by atoms with Gasteiger partial charge in [0.2, 0.25) is 5.91 Å². The van der Waals surface area contributed by atoms with Crippen molar-refractivity contribution in [2.45, 2.75) is 26.2 Å². The van der Waals surface area contributed by atoms with Crippen molar-refractivity contribution in [1.82, 2.24) is 9.97 Å². The second-order valence-electron chi connectivity index (χ2n) is 6.33. The molecule has 116 valence electrons. The fraction of sp³-hybridized carbons (Fsp3) is 0.263. The van der Waals surface area contributed by atoms with E-state index in [0.717, 1.165) is 28.1 Å². The summed E-state index contributed by atoms with van der Waals surface area (Å²) in [6.07, 6.45) is 0.507. The first kappa shape index (κ1) is 14.0. The van der Waals surface area contributed by atoms with Crippen molar-refractivity contribution in [3.8, 4) is 0 Å². The highest BCUT2D eigenvalue weighted by molar-refractivity contribution is 5.97. The lowest BCUT2D eigenvalue weighted by Gasteiger charge is -2.19. The lowest BCUT2D eigenvalue weighted by molar-refractivity contribution is -0.117. The molecule has 1 aromatic heterocycles. The molecule has 2 heterocycles. The van der Waals surface area contributed by atoms with E-state index in [0.29, 0.717) is 13.0 Å². The number of hydrogen-bond donors (Lipinski definition) is 1. The summed E-state index contributed by atoms with van der Waals surface area (Å²) in [5, 5.41) is 0. The molecule has 0 unspecified atom stereocenters. The van der Waals surface area contributed by atoms with Crippen LogP contribution in [0.1, 0.15) is 29.3 Å². The van der Waals surface area contributed by atoms with Gasteiger partial charge in [-0.25, -0.2) is 4.98 Å². The van der Waals surface area contributed by atoms with E-state index in [-0.39, 0.29) is 11.8 Å². The van der Waals surface area contributed by atoms with Crippen molar-refractivity contribution >= 4 is 22.6 Å². The van der Waals surface area contributed by atoms with Crippen LogP contribution in [-0.2, 0) is 4.79 Å². The first-order valence-electron chi connectivity index (χ1n) is 7.94. The maximum absolute atomic E-state index is 12.5. The largest absolute Gasteiger partial charge is 0.342 e. The minimum atomic E-state index is 0.121. The molecule has 1 atom stereocenters. The molecule has 3 aromatic rings. The van der Waals surface area contributed by atoms with Gasteiger partial charge in [-0.3, -0.25) is 4.79 Å². The normalized spacial score (nSPS) is 18.1. The van der Waals surface area contributed by atoms with Crippen LogP contribution in [-0.4, -0.2) is 22.4 Å². The van der Waals surface area contributed by atoms with Crippen molar-refractivity contribution in [3.05, 3.63) is 59.4 Å². The van der Waals surface area contributed by atoms with Gasteiger partial charge >= 0.3 is 0 Å². The number of anilines is 1.